The molecule has 22 heavy (non-hydrogen) atoms. The molecule has 0 fully saturated rings. The van der Waals surface area contributed by atoms with E-state index in [1.165, 1.54) is 5.94 Å². The summed E-state index contributed by atoms with van der Waals surface area (Å²) in [4.78, 5) is 10.8. The second-order valence-electron chi connectivity index (χ2n) is 4.07. The van der Waals surface area contributed by atoms with Gasteiger partial charge in [0.2, 0.25) is 5.70 Å². The zero-order chi connectivity index (χ0) is 16.5. The Labute approximate surface area is 132 Å². The molecule has 116 valence electrons. The number of alkyl halides is 3. The van der Waals surface area contributed by atoms with E-state index in [1.807, 2.05) is 0 Å². The fourth-order valence-electron chi connectivity index (χ4n) is 1.78. The molecule has 9 heteroatoms. The lowest BCUT2D eigenvalue weighted by Crippen LogP contribution is -2.06. The molecule has 0 unspecified atom stereocenters. The van der Waals surface area contributed by atoms with Crippen LogP contribution in [-0.2, 0) is 15.7 Å². The maximum atomic E-state index is 12.7. The molecule has 4 nitrogen and oxygen atoms in total. The maximum absolute atomic E-state index is 12.7. The Morgan fingerprint density at radius 3 is 2.27 bits per heavy atom. The predicted molar refractivity (Wildman–Crippen MR) is 74.1 cm³/mol. The van der Waals surface area contributed by atoms with Crippen molar-refractivity contribution in [1.82, 2.24) is 0 Å². The molecule has 0 spiro atoms. The minimum atomic E-state index is -4.59. The lowest BCUT2D eigenvalue weighted by Gasteiger charge is -2.12. The van der Waals surface area contributed by atoms with E-state index in [2.05, 4.69) is 10.2 Å². The van der Waals surface area contributed by atoms with Gasteiger partial charge in [0, 0.05) is 5.56 Å². The number of halogens is 5. The smallest absolute Gasteiger partial charge is 0.416 e. The van der Waals surface area contributed by atoms with Crippen molar-refractivity contribution >= 4 is 34.8 Å². The second kappa shape index (κ2) is 6.12. The van der Waals surface area contributed by atoms with E-state index >= 15 is 0 Å². The van der Waals surface area contributed by atoms with E-state index in [0.717, 1.165) is 12.1 Å². The molecule has 1 aromatic rings. The number of benzene rings is 1. The van der Waals surface area contributed by atoms with E-state index in [4.69, 9.17) is 27.9 Å². The molecule has 0 atom stereocenters. The van der Waals surface area contributed by atoms with Crippen LogP contribution >= 0.6 is 23.2 Å². The average Bonchev–Trinajstić information content (AvgIpc) is 2.80. The molecule has 0 radical (unpaired) electrons. The highest BCUT2D eigenvalue weighted by atomic mass is 35.5. The summed E-state index contributed by atoms with van der Waals surface area (Å²) in [7, 11) is 0. The van der Waals surface area contributed by atoms with Gasteiger partial charge in [-0.25, -0.2) is 4.79 Å². The van der Waals surface area contributed by atoms with Gasteiger partial charge in [-0.05, 0) is 19.1 Å². The number of azo groups is 1. The summed E-state index contributed by atoms with van der Waals surface area (Å²) >= 11 is 11.8. The predicted octanol–water partition coefficient (Wildman–Crippen LogP) is 4.90. The fourth-order valence-corrected chi connectivity index (χ4v) is 2.44. The lowest BCUT2D eigenvalue weighted by atomic mass is 10.1. The van der Waals surface area contributed by atoms with Gasteiger partial charge in [-0.1, -0.05) is 23.2 Å². The van der Waals surface area contributed by atoms with Crippen molar-refractivity contribution in [2.45, 2.75) is 13.1 Å². The molecular formula is C13H7Cl2F3N2O2. The van der Waals surface area contributed by atoms with Crippen LogP contribution in [0.5, 0.6) is 0 Å². The van der Waals surface area contributed by atoms with E-state index in [9.17, 15) is 18.0 Å². The summed E-state index contributed by atoms with van der Waals surface area (Å²) < 4.78 is 43.4. The zero-order valence-electron chi connectivity index (χ0n) is 11.0. The third kappa shape index (κ3) is 3.02. The van der Waals surface area contributed by atoms with Gasteiger partial charge in [0.15, 0.2) is 11.7 Å². The highest BCUT2D eigenvalue weighted by molar-refractivity contribution is 6.37. The van der Waals surface area contributed by atoms with Crippen molar-refractivity contribution in [3.63, 3.8) is 0 Å². The first-order valence-electron chi connectivity index (χ1n) is 5.90. The summed E-state index contributed by atoms with van der Waals surface area (Å²) in [5.41, 5.74) is -1.20. The summed E-state index contributed by atoms with van der Waals surface area (Å²) in [5.74, 6) is 1.50. The minimum Gasteiger partial charge on any atom is -0.488 e. The Morgan fingerprint density at radius 2 is 1.82 bits per heavy atom. The van der Waals surface area contributed by atoms with Crippen LogP contribution in [0.1, 0.15) is 18.1 Å². The van der Waals surface area contributed by atoms with Gasteiger partial charge in [0.1, 0.15) is 5.70 Å². The van der Waals surface area contributed by atoms with Crippen LogP contribution in [0.15, 0.2) is 33.8 Å². The second-order valence-corrected chi connectivity index (χ2v) is 4.89. The Bertz CT molecular complexity index is 712. The SMILES string of the molecule is CCOC1=C(c2c(Cl)cc(C(F)(F)F)cc2Cl)N=NC1=C=O. The number of rotatable bonds is 3. The Hall–Kier alpha value is -1.82. The average molecular weight is 351 g/mol. The van der Waals surface area contributed by atoms with Crippen LogP contribution < -0.4 is 0 Å². The van der Waals surface area contributed by atoms with Crippen LogP contribution in [-0.4, -0.2) is 12.5 Å². The molecular weight excluding hydrogens is 344 g/mol. The monoisotopic (exact) mass is 350 g/mol. The van der Waals surface area contributed by atoms with Gasteiger partial charge < -0.3 is 4.74 Å². The first kappa shape index (κ1) is 16.5. The van der Waals surface area contributed by atoms with Crippen LogP contribution in [0.4, 0.5) is 13.2 Å². The standard InChI is InChI=1S/C13H7Cl2F3N2O2/c1-2-22-12-9(5-21)19-20-11(12)10-7(14)3-6(4-8(10)15)13(16,17)18/h3-4H,2H2,1H3. The first-order chi connectivity index (χ1) is 10.3. The van der Waals surface area contributed by atoms with E-state index in [-0.39, 0.29) is 39.4 Å². The van der Waals surface area contributed by atoms with E-state index in [1.54, 1.807) is 6.92 Å². The quantitative estimate of drug-likeness (QED) is 0.728. The van der Waals surface area contributed by atoms with Crippen molar-refractivity contribution in [3.05, 3.63) is 44.8 Å². The highest BCUT2D eigenvalue weighted by Crippen LogP contribution is 2.42. The van der Waals surface area contributed by atoms with Gasteiger partial charge in [-0.3, -0.25) is 0 Å². The van der Waals surface area contributed by atoms with E-state index < -0.39 is 11.7 Å². The van der Waals surface area contributed by atoms with Crippen molar-refractivity contribution in [3.8, 4) is 0 Å². The van der Waals surface area contributed by atoms with Crippen LogP contribution in [0.25, 0.3) is 5.70 Å². The number of hydrogen-bond donors (Lipinski definition) is 0. The first-order valence-corrected chi connectivity index (χ1v) is 6.66. The summed E-state index contributed by atoms with van der Waals surface area (Å²) in [6.07, 6.45) is -4.59. The van der Waals surface area contributed by atoms with Gasteiger partial charge in [0.25, 0.3) is 0 Å². The van der Waals surface area contributed by atoms with E-state index in [0.29, 0.717) is 0 Å². The number of hydrogen-bond acceptors (Lipinski definition) is 4. The summed E-state index contributed by atoms with van der Waals surface area (Å²) in [6, 6.07) is 1.44. The summed E-state index contributed by atoms with van der Waals surface area (Å²) in [5, 5.41) is 6.69. The van der Waals surface area contributed by atoms with Gasteiger partial charge in [-0.15, -0.1) is 10.2 Å². The molecule has 1 aromatic carbocycles. The number of nitrogens with zero attached hydrogens (tertiary/aromatic N) is 2. The molecule has 2 rings (SSSR count). The molecule has 0 bridgehead atoms. The van der Waals surface area contributed by atoms with Gasteiger partial charge in [-0.2, -0.15) is 13.2 Å². The molecule has 0 saturated heterocycles. The van der Waals surface area contributed by atoms with Crippen LogP contribution in [0.2, 0.25) is 10.0 Å². The fraction of sp³-hybridized carbons (Fsp3) is 0.231. The minimum absolute atomic E-state index is 0.00813. The zero-order valence-corrected chi connectivity index (χ0v) is 12.5. The van der Waals surface area contributed by atoms with Crippen molar-refractivity contribution in [1.29, 1.82) is 0 Å². The lowest BCUT2D eigenvalue weighted by molar-refractivity contribution is -0.137. The molecule has 0 saturated carbocycles. The molecule has 0 aliphatic carbocycles. The van der Waals surface area contributed by atoms with Crippen LogP contribution in [0, 0.1) is 0 Å². The topological polar surface area (TPSA) is 51.0 Å². The number of ether oxygens (including phenoxy) is 1. The largest absolute Gasteiger partial charge is 0.488 e. The van der Waals surface area contributed by atoms with Gasteiger partial charge >= 0.3 is 6.18 Å². The third-order valence-electron chi connectivity index (χ3n) is 2.67. The van der Waals surface area contributed by atoms with Crippen molar-refractivity contribution < 1.29 is 22.7 Å². The molecule has 1 aliphatic heterocycles. The normalized spacial score (nSPS) is 14.5. The molecule has 1 heterocycles. The Morgan fingerprint density at radius 1 is 1.23 bits per heavy atom. The van der Waals surface area contributed by atoms with Gasteiger partial charge in [0.05, 0.1) is 22.2 Å². The molecule has 0 N–H and O–H groups in total. The molecule has 1 aliphatic rings. The third-order valence-corrected chi connectivity index (χ3v) is 3.27. The maximum Gasteiger partial charge on any atom is 0.416 e. The Kier molecular flexibility index (Phi) is 4.60. The number of carbonyl (C=O) groups excluding carboxylic acids is 1. The molecule has 0 aromatic heterocycles. The summed E-state index contributed by atoms with van der Waals surface area (Å²) in [6.45, 7) is 1.84. The van der Waals surface area contributed by atoms with Crippen LogP contribution in [0.3, 0.4) is 0 Å². The molecule has 0 amide bonds. The van der Waals surface area contributed by atoms with Crippen molar-refractivity contribution in [2.24, 2.45) is 10.2 Å². The van der Waals surface area contributed by atoms with Crippen molar-refractivity contribution in [2.75, 3.05) is 6.61 Å². The Balaban J connectivity index is 2.65. The highest BCUT2D eigenvalue weighted by Gasteiger charge is 2.33.